The van der Waals surface area contributed by atoms with Gasteiger partial charge in [0.25, 0.3) is 0 Å². The highest BCUT2D eigenvalue weighted by Crippen LogP contribution is 2.34. The van der Waals surface area contributed by atoms with Gasteiger partial charge in [0.05, 0.1) is 11.4 Å². The van der Waals surface area contributed by atoms with E-state index in [9.17, 15) is 18.0 Å². The second-order valence-electron chi connectivity index (χ2n) is 8.55. The molecule has 3 heterocycles. The predicted octanol–water partition coefficient (Wildman–Crippen LogP) is 1.35. The van der Waals surface area contributed by atoms with Crippen LogP contribution in [0.4, 0.5) is 11.5 Å². The van der Waals surface area contributed by atoms with Crippen molar-refractivity contribution in [1.29, 1.82) is 0 Å². The van der Waals surface area contributed by atoms with Crippen LogP contribution >= 0.6 is 0 Å². The first-order valence-corrected chi connectivity index (χ1v) is 12.5. The molecule has 1 atom stereocenters. The van der Waals surface area contributed by atoms with Crippen molar-refractivity contribution in [3.05, 3.63) is 48.2 Å². The quantitative estimate of drug-likeness (QED) is 0.654. The molecule has 10 heteroatoms. The summed E-state index contributed by atoms with van der Waals surface area (Å²) in [5, 5.41) is 0. The Morgan fingerprint density at radius 1 is 1.12 bits per heavy atom. The summed E-state index contributed by atoms with van der Waals surface area (Å²) < 4.78 is 27.4. The summed E-state index contributed by atoms with van der Waals surface area (Å²) in [5.41, 5.74) is 1.57. The van der Waals surface area contributed by atoms with E-state index in [-0.39, 0.29) is 29.3 Å². The van der Waals surface area contributed by atoms with Crippen LogP contribution in [0.5, 0.6) is 0 Å². The highest BCUT2D eigenvalue weighted by Gasteiger charge is 2.32. The van der Waals surface area contributed by atoms with Crippen molar-refractivity contribution in [1.82, 2.24) is 14.2 Å². The van der Waals surface area contributed by atoms with Crippen LogP contribution in [0.25, 0.3) is 0 Å². The third-order valence-corrected chi connectivity index (χ3v) is 8.08. The van der Waals surface area contributed by atoms with E-state index < -0.39 is 10.0 Å². The van der Waals surface area contributed by atoms with Gasteiger partial charge in [0.15, 0.2) is 0 Å². The molecule has 0 aliphatic carbocycles. The Kier molecular flexibility index (Phi) is 6.40. The molecule has 1 fully saturated rings. The van der Waals surface area contributed by atoms with Gasteiger partial charge in [0, 0.05) is 58.1 Å². The number of sulfonamides is 1. The van der Waals surface area contributed by atoms with Gasteiger partial charge in [-0.3, -0.25) is 9.59 Å². The molecule has 0 bridgehead atoms. The number of aromatic nitrogens is 1. The maximum Gasteiger partial charge on any atom is 0.243 e. The zero-order chi connectivity index (χ0) is 23.8. The standard InChI is InChI=1S/C23H29N5O4S/c1-17-14-19-15-20(7-8-21(19)28(17)18(2)29)33(31,32)25(3)16-23(30)27-12-10-26(11-13-27)22-6-4-5-9-24-22/h4-9,15,17H,10-14,16H2,1-3H3/t17-/m1/s1. The Labute approximate surface area is 194 Å². The van der Waals surface area contributed by atoms with Gasteiger partial charge in [0.1, 0.15) is 5.82 Å². The number of hydrogen-bond acceptors (Lipinski definition) is 6. The van der Waals surface area contributed by atoms with Crippen molar-refractivity contribution in [2.75, 3.05) is 49.6 Å². The second kappa shape index (κ2) is 9.11. The van der Waals surface area contributed by atoms with E-state index in [0.717, 1.165) is 21.4 Å². The molecule has 0 N–H and O–H groups in total. The number of rotatable bonds is 5. The zero-order valence-electron chi connectivity index (χ0n) is 19.1. The summed E-state index contributed by atoms with van der Waals surface area (Å²) in [6, 6.07) is 10.5. The van der Waals surface area contributed by atoms with Crippen LogP contribution in [0.3, 0.4) is 0 Å². The maximum atomic E-state index is 13.1. The van der Waals surface area contributed by atoms with Gasteiger partial charge >= 0.3 is 0 Å². The van der Waals surface area contributed by atoms with Crippen molar-refractivity contribution in [3.63, 3.8) is 0 Å². The maximum absolute atomic E-state index is 13.1. The van der Waals surface area contributed by atoms with Gasteiger partial charge in [0.2, 0.25) is 21.8 Å². The Morgan fingerprint density at radius 3 is 2.48 bits per heavy atom. The number of benzene rings is 1. The van der Waals surface area contributed by atoms with Gasteiger partial charge in [-0.2, -0.15) is 4.31 Å². The SMILES string of the molecule is CC(=O)N1c2ccc(S(=O)(=O)N(C)CC(=O)N3CCN(c4ccccn4)CC3)cc2C[C@H]1C. The van der Waals surface area contributed by atoms with E-state index in [1.807, 2.05) is 25.1 Å². The number of hydrogen-bond donors (Lipinski definition) is 0. The van der Waals surface area contributed by atoms with Gasteiger partial charge in [-0.15, -0.1) is 0 Å². The summed E-state index contributed by atoms with van der Waals surface area (Å²) in [5.74, 6) is 0.584. The molecule has 1 aromatic heterocycles. The lowest BCUT2D eigenvalue weighted by Crippen LogP contribution is -2.51. The van der Waals surface area contributed by atoms with Crippen molar-refractivity contribution in [3.8, 4) is 0 Å². The van der Waals surface area contributed by atoms with Crippen LogP contribution < -0.4 is 9.80 Å². The minimum Gasteiger partial charge on any atom is -0.353 e. The third-order valence-electron chi connectivity index (χ3n) is 6.28. The normalized spacial score (nSPS) is 18.5. The number of amides is 2. The Bertz CT molecular complexity index is 1150. The van der Waals surface area contributed by atoms with E-state index in [2.05, 4.69) is 9.88 Å². The minimum atomic E-state index is -3.84. The highest BCUT2D eigenvalue weighted by atomic mass is 32.2. The molecule has 9 nitrogen and oxygen atoms in total. The number of carbonyl (C=O) groups excluding carboxylic acids is 2. The third kappa shape index (κ3) is 4.58. The molecule has 0 saturated carbocycles. The van der Waals surface area contributed by atoms with Gasteiger partial charge in [-0.05, 0) is 49.2 Å². The summed E-state index contributed by atoms with van der Waals surface area (Å²) in [6.07, 6.45) is 2.34. The zero-order valence-corrected chi connectivity index (χ0v) is 20.0. The summed E-state index contributed by atoms with van der Waals surface area (Å²) in [6.45, 7) is 5.55. The predicted molar refractivity (Wildman–Crippen MR) is 126 cm³/mol. The lowest BCUT2D eigenvalue weighted by molar-refractivity contribution is -0.131. The Hall–Kier alpha value is -2.98. The molecule has 2 aromatic rings. The second-order valence-corrected chi connectivity index (χ2v) is 10.6. The van der Waals surface area contributed by atoms with E-state index in [1.54, 1.807) is 28.1 Å². The Balaban J connectivity index is 1.40. The van der Waals surface area contributed by atoms with Crippen molar-refractivity contribution in [2.45, 2.75) is 31.2 Å². The Morgan fingerprint density at radius 2 is 1.85 bits per heavy atom. The fourth-order valence-corrected chi connectivity index (χ4v) is 5.70. The topological polar surface area (TPSA) is 94.1 Å². The van der Waals surface area contributed by atoms with Crippen LogP contribution in [0, 0.1) is 0 Å². The molecular formula is C23H29N5O4S. The van der Waals surface area contributed by atoms with Crippen molar-refractivity contribution >= 4 is 33.3 Å². The molecule has 2 amide bonds. The van der Waals surface area contributed by atoms with Gasteiger partial charge in [-0.25, -0.2) is 13.4 Å². The summed E-state index contributed by atoms with van der Waals surface area (Å²) in [4.78, 5) is 34.7. The van der Waals surface area contributed by atoms with E-state index >= 15 is 0 Å². The lowest BCUT2D eigenvalue weighted by atomic mass is 10.1. The van der Waals surface area contributed by atoms with Crippen LogP contribution in [-0.2, 0) is 26.0 Å². The van der Waals surface area contributed by atoms with Crippen molar-refractivity contribution in [2.24, 2.45) is 0 Å². The van der Waals surface area contributed by atoms with Crippen LogP contribution in [0.2, 0.25) is 0 Å². The first-order valence-electron chi connectivity index (χ1n) is 11.0. The number of fused-ring (bicyclic) bond motifs is 1. The fraction of sp³-hybridized carbons (Fsp3) is 0.435. The lowest BCUT2D eigenvalue weighted by Gasteiger charge is -2.36. The van der Waals surface area contributed by atoms with Crippen LogP contribution in [0.1, 0.15) is 19.4 Å². The first-order chi connectivity index (χ1) is 15.7. The molecular weight excluding hydrogens is 442 g/mol. The largest absolute Gasteiger partial charge is 0.353 e. The molecule has 2 aliphatic heterocycles. The number of anilines is 2. The van der Waals surface area contributed by atoms with E-state index in [0.29, 0.717) is 32.6 Å². The highest BCUT2D eigenvalue weighted by molar-refractivity contribution is 7.89. The molecule has 33 heavy (non-hydrogen) atoms. The summed E-state index contributed by atoms with van der Waals surface area (Å²) in [7, 11) is -2.42. The molecule has 1 saturated heterocycles. The van der Waals surface area contributed by atoms with Gasteiger partial charge in [-0.1, -0.05) is 6.07 Å². The molecule has 2 aliphatic rings. The fourth-order valence-electron chi connectivity index (χ4n) is 4.53. The molecule has 0 radical (unpaired) electrons. The number of likely N-dealkylation sites (N-methyl/N-ethyl adjacent to an activating group) is 1. The average molecular weight is 472 g/mol. The number of piperazine rings is 1. The first kappa shape index (κ1) is 23.2. The molecule has 0 spiro atoms. The monoisotopic (exact) mass is 471 g/mol. The molecule has 4 rings (SSSR count). The van der Waals surface area contributed by atoms with Crippen LogP contribution in [-0.4, -0.2) is 80.2 Å². The summed E-state index contributed by atoms with van der Waals surface area (Å²) >= 11 is 0. The van der Waals surface area contributed by atoms with Crippen molar-refractivity contribution < 1.29 is 18.0 Å². The number of pyridine rings is 1. The smallest absolute Gasteiger partial charge is 0.243 e. The number of nitrogens with zero attached hydrogens (tertiary/aromatic N) is 5. The van der Waals surface area contributed by atoms with Crippen LogP contribution in [0.15, 0.2) is 47.5 Å². The molecule has 176 valence electrons. The number of carbonyl (C=O) groups is 2. The molecule has 0 unspecified atom stereocenters. The van der Waals surface area contributed by atoms with E-state index in [4.69, 9.17) is 0 Å². The average Bonchev–Trinajstić information content (AvgIpc) is 3.14. The van der Waals surface area contributed by atoms with Gasteiger partial charge < -0.3 is 14.7 Å². The minimum absolute atomic E-state index is 0.0143. The molecule has 1 aromatic carbocycles. The van der Waals surface area contributed by atoms with E-state index in [1.165, 1.54) is 20.0 Å².